The van der Waals surface area contributed by atoms with Crippen LogP contribution in [-0.2, 0) is 9.47 Å². The van der Waals surface area contributed by atoms with Crippen molar-refractivity contribution in [3.8, 4) is 16.9 Å². The van der Waals surface area contributed by atoms with Crippen LogP contribution in [0.4, 0.5) is 10.2 Å². The van der Waals surface area contributed by atoms with Crippen molar-refractivity contribution in [2.24, 2.45) is 0 Å². The number of anilines is 1. The van der Waals surface area contributed by atoms with Gasteiger partial charge in [-0.25, -0.2) is 9.37 Å². The van der Waals surface area contributed by atoms with Crippen LogP contribution in [0.1, 0.15) is 37.5 Å². The number of nitrogen functional groups attached to an aromatic ring is 1. The van der Waals surface area contributed by atoms with E-state index in [0.29, 0.717) is 29.5 Å². The highest BCUT2D eigenvalue weighted by molar-refractivity contribution is 6.36. The molecule has 0 aliphatic carbocycles. The summed E-state index contributed by atoms with van der Waals surface area (Å²) in [6.45, 7) is 3.70. The second-order valence-corrected chi connectivity index (χ2v) is 9.27. The van der Waals surface area contributed by atoms with Gasteiger partial charge in [0.05, 0.1) is 36.1 Å². The summed E-state index contributed by atoms with van der Waals surface area (Å²) in [5.74, 6) is -0.0231. The second-order valence-electron chi connectivity index (χ2n) is 8.49. The van der Waals surface area contributed by atoms with Crippen LogP contribution >= 0.6 is 23.2 Å². The number of benzene rings is 1. The van der Waals surface area contributed by atoms with Crippen molar-refractivity contribution in [1.82, 2.24) is 14.8 Å². The number of pyridine rings is 1. The van der Waals surface area contributed by atoms with Crippen molar-refractivity contribution in [3.05, 3.63) is 58.2 Å². The average Bonchev–Trinajstić information content (AvgIpc) is 3.55. The summed E-state index contributed by atoms with van der Waals surface area (Å²) in [7, 11) is 0. The maximum atomic E-state index is 13.9. The Morgan fingerprint density at radius 2 is 2.15 bits per heavy atom. The van der Waals surface area contributed by atoms with Crippen LogP contribution in [-0.4, -0.2) is 40.2 Å². The molecule has 33 heavy (non-hydrogen) atoms. The summed E-state index contributed by atoms with van der Waals surface area (Å²) < 4.78 is 33.4. The van der Waals surface area contributed by atoms with Gasteiger partial charge in [-0.2, -0.15) is 5.10 Å². The monoisotopic (exact) mass is 492 g/mol. The number of halogens is 3. The third-order valence-electron chi connectivity index (χ3n) is 6.24. The summed E-state index contributed by atoms with van der Waals surface area (Å²) in [4.78, 5) is 4.26. The van der Waals surface area contributed by atoms with Crippen LogP contribution in [0.25, 0.3) is 11.1 Å². The highest BCUT2D eigenvalue weighted by Crippen LogP contribution is 2.40. The van der Waals surface area contributed by atoms with E-state index < -0.39 is 11.9 Å². The molecule has 0 amide bonds. The van der Waals surface area contributed by atoms with E-state index in [1.54, 1.807) is 25.4 Å². The predicted molar refractivity (Wildman–Crippen MR) is 123 cm³/mol. The summed E-state index contributed by atoms with van der Waals surface area (Å²) in [6.07, 6.45) is 6.53. The quantitative estimate of drug-likeness (QED) is 0.490. The number of ether oxygens (including phenoxy) is 3. The Morgan fingerprint density at radius 3 is 2.94 bits per heavy atom. The molecule has 2 aliphatic heterocycles. The minimum Gasteiger partial charge on any atom is -0.482 e. The smallest absolute Gasteiger partial charge is 0.166 e. The topological polar surface area (TPSA) is 84.4 Å². The van der Waals surface area contributed by atoms with Crippen LogP contribution in [0.2, 0.25) is 10.0 Å². The van der Waals surface area contributed by atoms with Crippen LogP contribution in [0.5, 0.6) is 5.75 Å². The van der Waals surface area contributed by atoms with Gasteiger partial charge in [-0.15, -0.1) is 0 Å². The molecule has 10 heteroatoms. The maximum absolute atomic E-state index is 13.9. The lowest BCUT2D eigenvalue weighted by atomic mass is 9.97. The molecule has 1 aromatic carbocycles. The molecule has 4 heterocycles. The normalized spacial score (nSPS) is 23.3. The van der Waals surface area contributed by atoms with Gasteiger partial charge in [-0.1, -0.05) is 23.2 Å². The summed E-state index contributed by atoms with van der Waals surface area (Å²) in [5.41, 5.74) is 7.86. The second kappa shape index (κ2) is 8.76. The molecular formula is C23H23Cl2FN4O3. The Labute approximate surface area is 200 Å². The van der Waals surface area contributed by atoms with Gasteiger partial charge in [0.2, 0.25) is 0 Å². The highest BCUT2D eigenvalue weighted by Gasteiger charge is 2.44. The van der Waals surface area contributed by atoms with E-state index in [1.165, 1.54) is 12.1 Å². The largest absolute Gasteiger partial charge is 0.482 e. The van der Waals surface area contributed by atoms with E-state index in [0.717, 1.165) is 30.6 Å². The lowest BCUT2D eigenvalue weighted by molar-refractivity contribution is -0.00386. The number of nitrogens with zero attached hydrogens (tertiary/aromatic N) is 3. The third-order valence-corrected chi connectivity index (χ3v) is 6.95. The van der Waals surface area contributed by atoms with Crippen molar-refractivity contribution in [1.29, 1.82) is 0 Å². The van der Waals surface area contributed by atoms with E-state index in [-0.39, 0.29) is 22.5 Å². The van der Waals surface area contributed by atoms with Crippen molar-refractivity contribution in [2.45, 2.75) is 37.5 Å². The Bertz CT molecular complexity index is 1180. The summed E-state index contributed by atoms with van der Waals surface area (Å²) in [5, 5.41) is 4.77. The molecule has 2 aliphatic rings. The summed E-state index contributed by atoms with van der Waals surface area (Å²) in [6, 6.07) is 4.58. The first kappa shape index (κ1) is 22.4. The molecule has 7 nitrogen and oxygen atoms in total. The molecule has 2 fully saturated rings. The molecule has 0 saturated carbocycles. The first-order chi connectivity index (χ1) is 15.8. The van der Waals surface area contributed by atoms with E-state index in [4.69, 9.17) is 43.1 Å². The zero-order chi connectivity index (χ0) is 23.2. The minimum atomic E-state index is -0.650. The van der Waals surface area contributed by atoms with Gasteiger partial charge >= 0.3 is 0 Å². The molecule has 3 aromatic rings. The van der Waals surface area contributed by atoms with Gasteiger partial charge in [-0.3, -0.25) is 4.68 Å². The minimum absolute atomic E-state index is 0.0804. The van der Waals surface area contributed by atoms with Crippen LogP contribution in [0, 0.1) is 5.82 Å². The van der Waals surface area contributed by atoms with Crippen molar-refractivity contribution in [2.75, 3.05) is 25.6 Å². The van der Waals surface area contributed by atoms with E-state index in [2.05, 4.69) is 10.1 Å². The van der Waals surface area contributed by atoms with Crippen molar-refractivity contribution >= 4 is 29.0 Å². The SMILES string of the molecule is C[C@@H](Oc1cc(-c2cnn(C3COC4(CCOC4)C3)c2)cnc1N)c1c(Cl)ccc(F)c1Cl. The number of hydrogen-bond acceptors (Lipinski definition) is 6. The molecule has 5 rings (SSSR count). The number of aromatic nitrogens is 3. The van der Waals surface area contributed by atoms with Crippen molar-refractivity contribution in [3.63, 3.8) is 0 Å². The number of hydrogen-bond donors (Lipinski definition) is 1. The fourth-order valence-electron chi connectivity index (χ4n) is 4.41. The Hall–Kier alpha value is -2.39. The molecule has 1 spiro atoms. The molecule has 174 valence electrons. The molecule has 2 aromatic heterocycles. The van der Waals surface area contributed by atoms with Gasteiger partial charge in [0.1, 0.15) is 11.9 Å². The van der Waals surface area contributed by atoms with Gasteiger partial charge in [-0.05, 0) is 25.1 Å². The third kappa shape index (κ3) is 4.28. The van der Waals surface area contributed by atoms with Gasteiger partial charge < -0.3 is 19.9 Å². The molecule has 2 unspecified atom stereocenters. The lowest BCUT2D eigenvalue weighted by Gasteiger charge is -2.19. The first-order valence-electron chi connectivity index (χ1n) is 10.7. The van der Waals surface area contributed by atoms with Gasteiger partial charge in [0.15, 0.2) is 11.6 Å². The first-order valence-corrected chi connectivity index (χ1v) is 11.4. The maximum Gasteiger partial charge on any atom is 0.166 e. The zero-order valence-electron chi connectivity index (χ0n) is 17.9. The molecule has 0 bridgehead atoms. The Kier molecular flexibility index (Phi) is 5.95. The summed E-state index contributed by atoms with van der Waals surface area (Å²) >= 11 is 12.4. The molecule has 0 radical (unpaired) electrons. The van der Waals surface area contributed by atoms with Gasteiger partial charge in [0.25, 0.3) is 0 Å². The lowest BCUT2D eigenvalue weighted by Crippen LogP contribution is -2.27. The molecule has 2 N–H and O–H groups in total. The van der Waals surface area contributed by atoms with Crippen LogP contribution < -0.4 is 10.5 Å². The molecular weight excluding hydrogens is 470 g/mol. The zero-order valence-corrected chi connectivity index (χ0v) is 19.4. The van der Waals surface area contributed by atoms with E-state index >= 15 is 0 Å². The number of rotatable bonds is 5. The molecule has 2 saturated heterocycles. The molecule has 3 atom stereocenters. The predicted octanol–water partition coefficient (Wildman–Crippen LogP) is 5.23. The fraction of sp³-hybridized carbons (Fsp3) is 0.391. The fourth-order valence-corrected chi connectivity index (χ4v) is 5.09. The van der Waals surface area contributed by atoms with Crippen LogP contribution in [0.3, 0.4) is 0 Å². The van der Waals surface area contributed by atoms with Gasteiger partial charge in [0, 0.05) is 53.6 Å². The average molecular weight is 493 g/mol. The van der Waals surface area contributed by atoms with E-state index in [1.807, 2.05) is 10.9 Å². The van der Waals surface area contributed by atoms with Crippen molar-refractivity contribution < 1.29 is 18.6 Å². The Morgan fingerprint density at radius 1 is 1.30 bits per heavy atom. The highest BCUT2D eigenvalue weighted by atomic mass is 35.5. The number of nitrogens with two attached hydrogens (primary N) is 1. The van der Waals surface area contributed by atoms with Crippen LogP contribution in [0.15, 0.2) is 36.8 Å². The standard InChI is InChI=1S/C23H23Cl2FN4O3/c1-13(20-17(24)2-3-18(26)21(20)25)33-19-6-14(8-28-22(19)27)15-9-29-30(10-15)16-7-23(32-11-16)4-5-31-12-23/h2-3,6,8-10,13,16H,4-5,7,11-12H2,1H3,(H2,27,28)/t13-,16?,23?/m1/s1. The Balaban J connectivity index is 1.36. The van der Waals surface area contributed by atoms with E-state index in [9.17, 15) is 4.39 Å².